The van der Waals surface area contributed by atoms with Gasteiger partial charge in [0.05, 0.1) is 4.90 Å². The summed E-state index contributed by atoms with van der Waals surface area (Å²) in [6.45, 7) is 0. The first-order chi connectivity index (χ1) is 10.9. The first-order valence-electron chi connectivity index (χ1n) is 6.82. The number of benzene rings is 1. The summed E-state index contributed by atoms with van der Waals surface area (Å²) in [6.07, 6.45) is 6.33. The van der Waals surface area contributed by atoms with Crippen LogP contribution in [0.3, 0.4) is 0 Å². The van der Waals surface area contributed by atoms with Crippen molar-refractivity contribution >= 4 is 27.5 Å². The van der Waals surface area contributed by atoms with Crippen molar-refractivity contribution in [1.82, 2.24) is 9.21 Å². The van der Waals surface area contributed by atoms with Crippen molar-refractivity contribution in [2.24, 2.45) is 4.99 Å². The van der Waals surface area contributed by atoms with Gasteiger partial charge in [-0.3, -0.25) is 14.5 Å². The highest BCUT2D eigenvalue weighted by Gasteiger charge is 2.65. The van der Waals surface area contributed by atoms with Gasteiger partial charge in [-0.1, -0.05) is 18.2 Å². The summed E-state index contributed by atoms with van der Waals surface area (Å²) < 4.78 is 26.5. The maximum atomic E-state index is 13.1. The van der Waals surface area contributed by atoms with Crippen molar-refractivity contribution in [3.63, 3.8) is 0 Å². The minimum absolute atomic E-state index is 0.00152. The number of carbonyl (C=O) groups excluding carboxylic acids is 2. The highest BCUT2D eigenvalue weighted by Crippen LogP contribution is 2.41. The third-order valence-electron chi connectivity index (χ3n) is 4.24. The smallest absolute Gasteiger partial charge is 0.298 e. The monoisotopic (exact) mass is 329 g/mol. The Balaban J connectivity index is 2.05. The minimum Gasteiger partial charge on any atom is -0.298 e. The Bertz CT molecular complexity index is 961. The van der Waals surface area contributed by atoms with Crippen LogP contribution in [0.2, 0.25) is 0 Å². The molecular formula is C15H11N3O4S. The Morgan fingerprint density at radius 3 is 2.65 bits per heavy atom. The van der Waals surface area contributed by atoms with Gasteiger partial charge in [0.15, 0.2) is 0 Å². The molecule has 1 unspecified atom stereocenters. The standard InChI is InChI=1S/C15H11N3O4S/c1-17-15(14(20)16-12-8-4-5-9-18(12)15)13(19)10-6-2-3-7-11(10)23(17,21)22/h2-9H,1H3. The van der Waals surface area contributed by atoms with Crippen LogP contribution in [0.15, 0.2) is 58.6 Å². The Kier molecular flexibility index (Phi) is 2.59. The second-order valence-electron chi connectivity index (χ2n) is 5.32. The van der Waals surface area contributed by atoms with E-state index in [4.69, 9.17) is 0 Å². The maximum Gasteiger partial charge on any atom is 0.298 e. The van der Waals surface area contributed by atoms with E-state index >= 15 is 0 Å². The van der Waals surface area contributed by atoms with Crippen molar-refractivity contribution in [3.8, 4) is 0 Å². The molecule has 1 spiro atoms. The topological polar surface area (TPSA) is 87.1 Å². The third-order valence-corrected chi connectivity index (χ3v) is 6.14. The van der Waals surface area contributed by atoms with Crippen LogP contribution in [0, 0.1) is 0 Å². The van der Waals surface area contributed by atoms with Crippen LogP contribution in [0.5, 0.6) is 0 Å². The van der Waals surface area contributed by atoms with Crippen molar-refractivity contribution in [3.05, 3.63) is 54.3 Å². The molecule has 0 bridgehead atoms. The Labute approximate surface area is 132 Å². The Morgan fingerprint density at radius 1 is 1.13 bits per heavy atom. The number of hydrogen-bond acceptors (Lipinski definition) is 5. The lowest BCUT2D eigenvalue weighted by atomic mass is 9.95. The zero-order chi connectivity index (χ0) is 16.4. The highest BCUT2D eigenvalue weighted by molar-refractivity contribution is 7.89. The number of ketones is 1. The molecule has 4 rings (SSSR count). The zero-order valence-electron chi connectivity index (χ0n) is 12.0. The molecule has 0 fully saturated rings. The first-order valence-corrected chi connectivity index (χ1v) is 8.26. The van der Waals surface area contributed by atoms with E-state index in [2.05, 4.69) is 4.99 Å². The van der Waals surface area contributed by atoms with Gasteiger partial charge < -0.3 is 0 Å². The lowest BCUT2D eigenvalue weighted by Crippen LogP contribution is -2.68. The van der Waals surface area contributed by atoms with Crippen molar-refractivity contribution in [2.45, 2.75) is 10.6 Å². The van der Waals surface area contributed by atoms with Gasteiger partial charge in [-0.05, 0) is 24.3 Å². The number of Topliss-reactive ketones (excluding diaryl/α,β-unsaturated/α-hetero) is 1. The molecule has 0 aliphatic carbocycles. The SMILES string of the molecule is CN1C2(C(=O)N=C3C=CC=CN32)C(=O)c2ccccc2S1(=O)=O. The molecule has 1 amide bonds. The molecule has 0 saturated heterocycles. The highest BCUT2D eigenvalue weighted by atomic mass is 32.2. The van der Waals surface area contributed by atoms with Gasteiger partial charge in [0, 0.05) is 18.8 Å². The van der Waals surface area contributed by atoms with Gasteiger partial charge in [-0.2, -0.15) is 9.30 Å². The molecule has 116 valence electrons. The number of amidine groups is 1. The molecule has 0 N–H and O–H groups in total. The number of aliphatic imine (C=N–C) groups is 1. The van der Waals surface area contributed by atoms with E-state index in [1.165, 1.54) is 36.3 Å². The zero-order valence-corrected chi connectivity index (χ0v) is 12.8. The van der Waals surface area contributed by atoms with E-state index in [0.29, 0.717) is 0 Å². The van der Waals surface area contributed by atoms with Crippen LogP contribution in [-0.2, 0) is 14.8 Å². The van der Waals surface area contributed by atoms with Gasteiger partial charge in [-0.15, -0.1) is 0 Å². The summed E-state index contributed by atoms with van der Waals surface area (Å²) in [5.74, 6) is -1.17. The van der Waals surface area contributed by atoms with E-state index in [9.17, 15) is 18.0 Å². The minimum atomic E-state index is -4.01. The fourth-order valence-electron chi connectivity index (χ4n) is 3.11. The van der Waals surface area contributed by atoms with Crippen LogP contribution < -0.4 is 0 Å². The van der Waals surface area contributed by atoms with E-state index in [0.717, 1.165) is 4.31 Å². The Hall–Kier alpha value is -2.58. The number of hydrogen-bond donors (Lipinski definition) is 0. The number of nitrogens with zero attached hydrogens (tertiary/aromatic N) is 3. The molecular weight excluding hydrogens is 318 g/mol. The molecule has 7 nitrogen and oxygen atoms in total. The van der Waals surface area contributed by atoms with Crippen molar-refractivity contribution < 1.29 is 18.0 Å². The predicted octanol–water partition coefficient (Wildman–Crippen LogP) is 0.524. The summed E-state index contributed by atoms with van der Waals surface area (Å²) in [6, 6.07) is 5.88. The number of sulfonamides is 1. The molecule has 1 aromatic rings. The number of carbonyl (C=O) groups is 2. The molecule has 0 saturated carbocycles. The van der Waals surface area contributed by atoms with Gasteiger partial charge in [-0.25, -0.2) is 8.42 Å². The summed E-state index contributed by atoms with van der Waals surface area (Å²) in [7, 11) is -2.78. The normalized spacial score (nSPS) is 28.0. The molecule has 3 aliphatic rings. The average Bonchev–Trinajstić information content (AvgIpc) is 2.85. The molecule has 3 aliphatic heterocycles. The quantitative estimate of drug-likeness (QED) is 0.648. The third kappa shape index (κ3) is 1.47. The van der Waals surface area contributed by atoms with Crippen LogP contribution in [-0.4, -0.2) is 47.9 Å². The van der Waals surface area contributed by atoms with Crippen LogP contribution in [0.4, 0.5) is 0 Å². The van der Waals surface area contributed by atoms with E-state index < -0.39 is 27.4 Å². The average molecular weight is 329 g/mol. The second kappa shape index (κ2) is 4.24. The molecule has 1 aromatic carbocycles. The number of likely N-dealkylation sites (N-methyl/N-ethyl adjacent to an activating group) is 1. The van der Waals surface area contributed by atoms with Crippen LogP contribution in [0.25, 0.3) is 0 Å². The van der Waals surface area contributed by atoms with E-state index in [1.54, 1.807) is 24.3 Å². The maximum absolute atomic E-state index is 13.1. The van der Waals surface area contributed by atoms with Crippen LogP contribution in [0.1, 0.15) is 10.4 Å². The summed E-state index contributed by atoms with van der Waals surface area (Å²) in [5, 5.41) is 0. The molecule has 3 heterocycles. The summed E-state index contributed by atoms with van der Waals surface area (Å²) in [4.78, 5) is 30.8. The Morgan fingerprint density at radius 2 is 1.87 bits per heavy atom. The molecule has 1 atom stereocenters. The van der Waals surface area contributed by atoms with Gasteiger partial charge in [0.2, 0.25) is 15.8 Å². The van der Waals surface area contributed by atoms with E-state index in [-0.39, 0.29) is 16.3 Å². The molecule has 0 radical (unpaired) electrons. The number of rotatable bonds is 0. The van der Waals surface area contributed by atoms with Gasteiger partial charge in [0.1, 0.15) is 5.84 Å². The first kappa shape index (κ1) is 14.0. The summed E-state index contributed by atoms with van der Waals surface area (Å²) >= 11 is 0. The second-order valence-corrected chi connectivity index (χ2v) is 7.25. The number of amides is 1. The summed E-state index contributed by atoms with van der Waals surface area (Å²) in [5.41, 5.74) is -2.03. The fraction of sp³-hybridized carbons (Fsp3) is 0.133. The predicted molar refractivity (Wildman–Crippen MR) is 81.0 cm³/mol. The van der Waals surface area contributed by atoms with E-state index in [1.807, 2.05) is 0 Å². The lowest BCUT2D eigenvalue weighted by Gasteiger charge is -2.43. The lowest BCUT2D eigenvalue weighted by molar-refractivity contribution is -0.126. The molecule has 0 aromatic heterocycles. The fourth-order valence-corrected chi connectivity index (χ4v) is 4.69. The van der Waals surface area contributed by atoms with Crippen molar-refractivity contribution in [2.75, 3.05) is 7.05 Å². The molecule has 23 heavy (non-hydrogen) atoms. The van der Waals surface area contributed by atoms with Gasteiger partial charge in [0.25, 0.3) is 11.6 Å². The largest absolute Gasteiger partial charge is 0.298 e. The van der Waals surface area contributed by atoms with Crippen LogP contribution >= 0.6 is 0 Å². The molecule has 8 heteroatoms. The number of fused-ring (bicyclic) bond motifs is 3. The van der Waals surface area contributed by atoms with Crippen molar-refractivity contribution in [1.29, 1.82) is 0 Å². The number of allylic oxidation sites excluding steroid dienone is 2. The van der Waals surface area contributed by atoms with Gasteiger partial charge >= 0.3 is 0 Å².